The minimum atomic E-state index is 0.654. The highest BCUT2D eigenvalue weighted by atomic mass is 16.1. The standard InChI is InChI=1S/C37H28N2O/c38-37-34(27-10-4-1-5-11-27)24-33(28-18-22-32(23-19-28)39-31-20-16-26(25-40)17-21-31)35(29-12-6-2-7-13-29)36(37)30-14-8-3-9-15-30/h1-25,39H,38H2. The Kier molecular flexibility index (Phi) is 6.93. The van der Waals surface area contributed by atoms with E-state index in [0.29, 0.717) is 5.56 Å². The van der Waals surface area contributed by atoms with Crippen LogP contribution < -0.4 is 11.1 Å². The van der Waals surface area contributed by atoms with Crippen LogP contribution in [0, 0.1) is 0 Å². The van der Waals surface area contributed by atoms with Crippen LogP contribution in [0.15, 0.2) is 146 Å². The van der Waals surface area contributed by atoms with Crippen LogP contribution in [-0.4, -0.2) is 6.29 Å². The monoisotopic (exact) mass is 516 g/mol. The van der Waals surface area contributed by atoms with E-state index in [1.54, 1.807) is 12.1 Å². The first-order valence-corrected chi connectivity index (χ1v) is 13.3. The van der Waals surface area contributed by atoms with Gasteiger partial charge in [0.15, 0.2) is 0 Å². The van der Waals surface area contributed by atoms with Gasteiger partial charge in [-0.15, -0.1) is 0 Å². The van der Waals surface area contributed by atoms with Gasteiger partial charge >= 0.3 is 0 Å². The van der Waals surface area contributed by atoms with Crippen molar-refractivity contribution in [2.75, 3.05) is 11.1 Å². The van der Waals surface area contributed by atoms with E-state index in [-0.39, 0.29) is 0 Å². The Morgan fingerprint density at radius 2 is 0.925 bits per heavy atom. The summed E-state index contributed by atoms with van der Waals surface area (Å²) in [7, 11) is 0. The van der Waals surface area contributed by atoms with Crippen molar-refractivity contribution in [3.8, 4) is 44.5 Å². The molecule has 0 aliphatic heterocycles. The Bertz CT molecular complexity index is 1740. The van der Waals surface area contributed by atoms with E-state index in [2.05, 4.69) is 96.3 Å². The van der Waals surface area contributed by atoms with E-state index in [1.807, 2.05) is 42.5 Å². The highest BCUT2D eigenvalue weighted by Crippen LogP contribution is 2.47. The summed E-state index contributed by atoms with van der Waals surface area (Å²) in [4.78, 5) is 11.0. The highest BCUT2D eigenvalue weighted by Gasteiger charge is 2.21. The predicted octanol–water partition coefficient (Wildman–Crippen LogP) is 9.49. The van der Waals surface area contributed by atoms with Crippen molar-refractivity contribution in [2.45, 2.75) is 0 Å². The fourth-order valence-electron chi connectivity index (χ4n) is 5.14. The second kappa shape index (κ2) is 11.1. The third-order valence-electron chi connectivity index (χ3n) is 7.11. The van der Waals surface area contributed by atoms with Crippen molar-refractivity contribution in [1.29, 1.82) is 0 Å². The van der Waals surface area contributed by atoms with E-state index >= 15 is 0 Å². The Balaban J connectivity index is 1.54. The van der Waals surface area contributed by atoms with Gasteiger partial charge in [-0.05, 0) is 75.8 Å². The van der Waals surface area contributed by atoms with Crippen molar-refractivity contribution in [1.82, 2.24) is 0 Å². The van der Waals surface area contributed by atoms with E-state index in [4.69, 9.17) is 5.73 Å². The Labute approximate surface area is 234 Å². The van der Waals surface area contributed by atoms with Crippen LogP contribution in [0.4, 0.5) is 17.1 Å². The minimum Gasteiger partial charge on any atom is -0.398 e. The molecular formula is C37H28N2O. The van der Waals surface area contributed by atoms with E-state index < -0.39 is 0 Å². The molecule has 0 saturated heterocycles. The third kappa shape index (κ3) is 5.01. The zero-order valence-electron chi connectivity index (χ0n) is 21.9. The van der Waals surface area contributed by atoms with Gasteiger partial charge in [0.2, 0.25) is 0 Å². The molecule has 0 aromatic heterocycles. The van der Waals surface area contributed by atoms with Crippen molar-refractivity contribution in [3.63, 3.8) is 0 Å². The summed E-state index contributed by atoms with van der Waals surface area (Å²) in [6.45, 7) is 0. The molecule has 0 heterocycles. The first kappa shape index (κ1) is 24.9. The molecule has 0 unspecified atom stereocenters. The lowest BCUT2D eigenvalue weighted by molar-refractivity contribution is 0.112. The number of benzene rings is 6. The molecular weight excluding hydrogens is 488 g/mol. The third-order valence-corrected chi connectivity index (χ3v) is 7.11. The zero-order chi connectivity index (χ0) is 27.3. The Morgan fingerprint density at radius 1 is 0.475 bits per heavy atom. The fourth-order valence-corrected chi connectivity index (χ4v) is 5.14. The molecule has 3 nitrogen and oxygen atoms in total. The number of carbonyl (C=O) groups excluding carboxylic acids is 1. The molecule has 6 aromatic carbocycles. The molecule has 0 radical (unpaired) electrons. The van der Waals surface area contributed by atoms with E-state index in [0.717, 1.165) is 67.9 Å². The lowest BCUT2D eigenvalue weighted by Crippen LogP contribution is -2.00. The number of hydrogen-bond donors (Lipinski definition) is 2. The Hall–Kier alpha value is -5.41. The van der Waals surface area contributed by atoms with Crippen LogP contribution in [0.3, 0.4) is 0 Å². The van der Waals surface area contributed by atoms with Gasteiger partial charge in [-0.2, -0.15) is 0 Å². The molecule has 192 valence electrons. The number of carbonyl (C=O) groups is 1. The summed E-state index contributed by atoms with van der Waals surface area (Å²) in [5.41, 5.74) is 18.9. The number of nitrogens with two attached hydrogens (primary N) is 1. The number of aldehydes is 1. The molecule has 0 atom stereocenters. The average molecular weight is 517 g/mol. The largest absolute Gasteiger partial charge is 0.398 e. The molecule has 3 N–H and O–H groups in total. The number of anilines is 3. The number of nitrogen functional groups attached to an aromatic ring is 1. The van der Waals surface area contributed by atoms with Gasteiger partial charge < -0.3 is 11.1 Å². The van der Waals surface area contributed by atoms with Gasteiger partial charge in [0.05, 0.1) is 0 Å². The lowest BCUT2D eigenvalue weighted by Gasteiger charge is -2.22. The Morgan fingerprint density at radius 3 is 1.45 bits per heavy atom. The van der Waals surface area contributed by atoms with Crippen LogP contribution in [0.1, 0.15) is 10.4 Å². The van der Waals surface area contributed by atoms with Gasteiger partial charge in [0, 0.05) is 33.8 Å². The normalized spacial score (nSPS) is 10.7. The first-order valence-electron chi connectivity index (χ1n) is 13.3. The average Bonchev–Trinajstić information content (AvgIpc) is 3.03. The fraction of sp³-hybridized carbons (Fsp3) is 0. The highest BCUT2D eigenvalue weighted by molar-refractivity contribution is 6.05. The number of nitrogens with one attached hydrogen (secondary N) is 1. The van der Waals surface area contributed by atoms with Crippen LogP contribution in [0.2, 0.25) is 0 Å². The minimum absolute atomic E-state index is 0.654. The topological polar surface area (TPSA) is 55.1 Å². The first-order chi connectivity index (χ1) is 19.7. The van der Waals surface area contributed by atoms with Crippen LogP contribution in [0.5, 0.6) is 0 Å². The smallest absolute Gasteiger partial charge is 0.150 e. The molecule has 0 fully saturated rings. The maximum atomic E-state index is 11.0. The van der Waals surface area contributed by atoms with Gasteiger partial charge in [0.1, 0.15) is 6.29 Å². The molecule has 0 saturated carbocycles. The van der Waals surface area contributed by atoms with Gasteiger partial charge in [0.25, 0.3) is 0 Å². The SMILES string of the molecule is Nc1c(-c2ccccc2)cc(-c2ccc(Nc3ccc(C=O)cc3)cc2)c(-c2ccccc2)c1-c1ccccc1. The molecule has 0 aliphatic carbocycles. The molecule has 3 heteroatoms. The second-order valence-corrected chi connectivity index (χ2v) is 9.68. The molecule has 6 rings (SSSR count). The van der Waals surface area contributed by atoms with Crippen molar-refractivity contribution in [2.24, 2.45) is 0 Å². The summed E-state index contributed by atoms with van der Waals surface area (Å²) in [6, 6.07) is 49.3. The summed E-state index contributed by atoms with van der Waals surface area (Å²) in [5, 5.41) is 3.43. The molecule has 0 aliphatic rings. The lowest BCUT2D eigenvalue weighted by atomic mass is 9.83. The maximum absolute atomic E-state index is 11.0. The summed E-state index contributed by atoms with van der Waals surface area (Å²) >= 11 is 0. The van der Waals surface area contributed by atoms with Crippen molar-refractivity contribution >= 4 is 23.3 Å². The van der Waals surface area contributed by atoms with E-state index in [1.165, 1.54) is 0 Å². The molecule has 0 spiro atoms. The number of hydrogen-bond acceptors (Lipinski definition) is 3. The number of rotatable bonds is 7. The maximum Gasteiger partial charge on any atom is 0.150 e. The molecule has 0 amide bonds. The van der Waals surface area contributed by atoms with E-state index in [9.17, 15) is 4.79 Å². The van der Waals surface area contributed by atoms with Crippen LogP contribution >= 0.6 is 0 Å². The van der Waals surface area contributed by atoms with Gasteiger partial charge in [-0.25, -0.2) is 0 Å². The predicted molar refractivity (Wildman–Crippen MR) is 168 cm³/mol. The van der Waals surface area contributed by atoms with Crippen LogP contribution in [0.25, 0.3) is 44.5 Å². The van der Waals surface area contributed by atoms with Crippen molar-refractivity contribution in [3.05, 3.63) is 151 Å². The molecule has 6 aromatic rings. The molecule has 0 bridgehead atoms. The molecule has 40 heavy (non-hydrogen) atoms. The summed E-state index contributed by atoms with van der Waals surface area (Å²) in [6.07, 6.45) is 0.850. The van der Waals surface area contributed by atoms with Gasteiger partial charge in [-0.3, -0.25) is 4.79 Å². The summed E-state index contributed by atoms with van der Waals surface area (Å²) < 4.78 is 0. The second-order valence-electron chi connectivity index (χ2n) is 9.68. The quantitative estimate of drug-likeness (QED) is 0.164. The van der Waals surface area contributed by atoms with Crippen LogP contribution in [-0.2, 0) is 0 Å². The zero-order valence-corrected chi connectivity index (χ0v) is 21.9. The van der Waals surface area contributed by atoms with Crippen molar-refractivity contribution < 1.29 is 4.79 Å². The summed E-state index contributed by atoms with van der Waals surface area (Å²) in [5.74, 6) is 0. The van der Waals surface area contributed by atoms with Gasteiger partial charge in [-0.1, -0.05) is 103 Å².